The standard InChI is InChI=1S/C21H25NO4/c1-16-6-4-8-18(12-16)26-15-21(25)10-5-11-22(14-21)13-17-7-2-3-9-19(17)20(23)24/h2-4,6-9,12,25H,5,10-11,13-15H2,1H3,(H,23,24)/t21-/m1/s1. The van der Waals surface area contributed by atoms with Crippen molar-refractivity contribution in [2.24, 2.45) is 0 Å². The van der Waals surface area contributed by atoms with Crippen molar-refractivity contribution in [3.8, 4) is 5.75 Å². The molecule has 2 aromatic carbocycles. The van der Waals surface area contributed by atoms with Gasteiger partial charge in [0.2, 0.25) is 0 Å². The van der Waals surface area contributed by atoms with Gasteiger partial charge in [0.15, 0.2) is 0 Å². The highest BCUT2D eigenvalue weighted by Gasteiger charge is 2.34. The van der Waals surface area contributed by atoms with Crippen molar-refractivity contribution in [3.05, 3.63) is 65.2 Å². The zero-order chi connectivity index (χ0) is 18.6. The molecule has 0 bridgehead atoms. The van der Waals surface area contributed by atoms with Crippen molar-refractivity contribution in [2.75, 3.05) is 19.7 Å². The van der Waals surface area contributed by atoms with E-state index < -0.39 is 11.6 Å². The molecule has 26 heavy (non-hydrogen) atoms. The van der Waals surface area contributed by atoms with Crippen molar-refractivity contribution < 1.29 is 19.7 Å². The average molecular weight is 355 g/mol. The van der Waals surface area contributed by atoms with Crippen molar-refractivity contribution in [1.82, 2.24) is 4.90 Å². The van der Waals surface area contributed by atoms with Gasteiger partial charge in [-0.25, -0.2) is 4.79 Å². The predicted octanol–water partition coefficient (Wildman–Crippen LogP) is 3.10. The van der Waals surface area contributed by atoms with Gasteiger partial charge in [0, 0.05) is 13.1 Å². The second-order valence-electron chi connectivity index (χ2n) is 7.11. The number of likely N-dealkylation sites (tertiary alicyclic amines) is 1. The average Bonchev–Trinajstić information content (AvgIpc) is 2.61. The van der Waals surface area contributed by atoms with Crippen molar-refractivity contribution in [1.29, 1.82) is 0 Å². The van der Waals surface area contributed by atoms with Gasteiger partial charge in [-0.05, 0) is 55.6 Å². The Morgan fingerprint density at radius 2 is 2.04 bits per heavy atom. The van der Waals surface area contributed by atoms with Gasteiger partial charge >= 0.3 is 5.97 Å². The van der Waals surface area contributed by atoms with Crippen LogP contribution in [0.5, 0.6) is 5.75 Å². The lowest BCUT2D eigenvalue weighted by atomic mass is 9.93. The van der Waals surface area contributed by atoms with Crippen LogP contribution in [0.2, 0.25) is 0 Å². The van der Waals surface area contributed by atoms with E-state index in [0.717, 1.165) is 29.8 Å². The molecule has 0 unspecified atom stereocenters. The third kappa shape index (κ3) is 4.62. The number of carboxylic acids is 1. The highest BCUT2D eigenvalue weighted by Crippen LogP contribution is 2.25. The molecule has 1 saturated heterocycles. The molecule has 1 atom stereocenters. The fourth-order valence-electron chi connectivity index (χ4n) is 3.49. The molecule has 0 radical (unpaired) electrons. The van der Waals surface area contributed by atoms with Crippen molar-refractivity contribution >= 4 is 5.97 Å². The largest absolute Gasteiger partial charge is 0.491 e. The van der Waals surface area contributed by atoms with E-state index in [4.69, 9.17) is 4.74 Å². The van der Waals surface area contributed by atoms with Gasteiger partial charge in [-0.2, -0.15) is 0 Å². The topological polar surface area (TPSA) is 70.0 Å². The number of piperidine rings is 1. The van der Waals surface area contributed by atoms with E-state index in [-0.39, 0.29) is 6.61 Å². The zero-order valence-electron chi connectivity index (χ0n) is 15.0. The number of benzene rings is 2. The Kier molecular flexibility index (Phi) is 5.59. The second kappa shape index (κ2) is 7.89. The number of carbonyl (C=O) groups is 1. The van der Waals surface area contributed by atoms with E-state index in [0.29, 0.717) is 25.1 Å². The van der Waals surface area contributed by atoms with Crippen LogP contribution in [0.1, 0.15) is 34.3 Å². The first-order valence-corrected chi connectivity index (χ1v) is 8.91. The van der Waals surface area contributed by atoms with E-state index in [1.54, 1.807) is 12.1 Å². The summed E-state index contributed by atoms with van der Waals surface area (Å²) in [6.45, 7) is 4.04. The van der Waals surface area contributed by atoms with Gasteiger partial charge in [0.25, 0.3) is 0 Å². The van der Waals surface area contributed by atoms with Crippen LogP contribution >= 0.6 is 0 Å². The van der Waals surface area contributed by atoms with Gasteiger partial charge in [0.1, 0.15) is 18.0 Å². The summed E-state index contributed by atoms with van der Waals surface area (Å²) in [6, 6.07) is 14.8. The minimum absolute atomic E-state index is 0.230. The highest BCUT2D eigenvalue weighted by molar-refractivity contribution is 5.89. The number of aromatic carboxylic acids is 1. The lowest BCUT2D eigenvalue weighted by molar-refractivity contribution is -0.0621. The first-order valence-electron chi connectivity index (χ1n) is 8.91. The summed E-state index contributed by atoms with van der Waals surface area (Å²) in [7, 11) is 0. The smallest absolute Gasteiger partial charge is 0.336 e. The molecule has 0 saturated carbocycles. The Labute approximate surface area is 153 Å². The fourth-order valence-corrected chi connectivity index (χ4v) is 3.49. The second-order valence-corrected chi connectivity index (χ2v) is 7.11. The molecule has 1 aliphatic rings. The molecule has 5 nitrogen and oxygen atoms in total. The van der Waals surface area contributed by atoms with Crippen LogP contribution in [0, 0.1) is 6.92 Å². The normalized spacial score (nSPS) is 20.7. The van der Waals surface area contributed by atoms with Crippen LogP contribution in [0.4, 0.5) is 0 Å². The number of β-amino-alcohol motifs (C(OH)–C–C–N with tert-alkyl or cyclic N) is 1. The molecule has 0 spiro atoms. The maximum atomic E-state index is 11.4. The number of aliphatic hydroxyl groups is 1. The molecular formula is C21H25NO4. The van der Waals surface area contributed by atoms with E-state index in [1.165, 1.54) is 0 Å². The minimum Gasteiger partial charge on any atom is -0.491 e. The van der Waals surface area contributed by atoms with Crippen molar-refractivity contribution in [2.45, 2.75) is 31.9 Å². The van der Waals surface area contributed by atoms with Crippen LogP contribution in [0.25, 0.3) is 0 Å². The number of aryl methyl sites for hydroxylation is 1. The van der Waals surface area contributed by atoms with Crippen LogP contribution < -0.4 is 4.74 Å². The molecule has 2 N–H and O–H groups in total. The van der Waals surface area contributed by atoms with Gasteiger partial charge in [0.05, 0.1) is 5.56 Å². The molecule has 1 fully saturated rings. The maximum absolute atomic E-state index is 11.4. The summed E-state index contributed by atoms with van der Waals surface area (Å²) >= 11 is 0. The van der Waals surface area contributed by atoms with Crippen molar-refractivity contribution in [3.63, 3.8) is 0 Å². The quantitative estimate of drug-likeness (QED) is 0.833. The molecule has 5 heteroatoms. The Hall–Kier alpha value is -2.37. The van der Waals surface area contributed by atoms with Crippen LogP contribution in [-0.4, -0.2) is 46.4 Å². The number of ether oxygens (including phenoxy) is 1. The minimum atomic E-state index is -0.930. The van der Waals surface area contributed by atoms with E-state index in [2.05, 4.69) is 4.90 Å². The lowest BCUT2D eigenvalue weighted by Gasteiger charge is -2.39. The summed E-state index contributed by atoms with van der Waals surface area (Å²) in [6.07, 6.45) is 1.53. The summed E-state index contributed by atoms with van der Waals surface area (Å²) in [5.41, 5.74) is 1.27. The summed E-state index contributed by atoms with van der Waals surface area (Å²) in [5.74, 6) is -0.164. The lowest BCUT2D eigenvalue weighted by Crippen LogP contribution is -2.51. The molecule has 0 amide bonds. The number of rotatable bonds is 6. The first-order chi connectivity index (χ1) is 12.5. The molecule has 0 aromatic heterocycles. The van der Waals surface area contributed by atoms with Gasteiger partial charge in [-0.3, -0.25) is 4.90 Å². The predicted molar refractivity (Wildman–Crippen MR) is 99.5 cm³/mol. The Balaban J connectivity index is 1.64. The van der Waals surface area contributed by atoms with Crippen LogP contribution in [0.15, 0.2) is 48.5 Å². The Morgan fingerprint density at radius 1 is 1.23 bits per heavy atom. The fraction of sp³-hybridized carbons (Fsp3) is 0.381. The Bertz CT molecular complexity index is 776. The van der Waals surface area contributed by atoms with E-state index in [1.807, 2.05) is 43.3 Å². The monoisotopic (exact) mass is 355 g/mol. The third-order valence-corrected chi connectivity index (χ3v) is 4.77. The summed E-state index contributed by atoms with van der Waals surface area (Å²) < 4.78 is 5.82. The maximum Gasteiger partial charge on any atom is 0.336 e. The van der Waals surface area contributed by atoms with Gasteiger partial charge in [-0.15, -0.1) is 0 Å². The SMILES string of the molecule is Cc1cccc(OC[C@@]2(O)CCCN(Cc3ccccc3C(=O)O)C2)c1. The number of hydrogen-bond donors (Lipinski definition) is 2. The van der Waals surface area contributed by atoms with E-state index in [9.17, 15) is 15.0 Å². The third-order valence-electron chi connectivity index (χ3n) is 4.77. The first kappa shape index (κ1) is 18.4. The van der Waals surface area contributed by atoms with Crippen LogP contribution in [0.3, 0.4) is 0 Å². The zero-order valence-corrected chi connectivity index (χ0v) is 15.0. The van der Waals surface area contributed by atoms with Gasteiger partial charge < -0.3 is 14.9 Å². The van der Waals surface area contributed by atoms with E-state index >= 15 is 0 Å². The molecule has 1 aliphatic heterocycles. The number of nitrogens with zero attached hydrogens (tertiary/aromatic N) is 1. The summed E-state index contributed by atoms with van der Waals surface area (Å²) in [4.78, 5) is 13.5. The molecular weight excluding hydrogens is 330 g/mol. The molecule has 3 rings (SSSR count). The molecule has 138 valence electrons. The van der Waals surface area contributed by atoms with Gasteiger partial charge in [-0.1, -0.05) is 30.3 Å². The molecule has 1 heterocycles. The summed E-state index contributed by atoms with van der Waals surface area (Å²) in [5, 5.41) is 20.3. The Morgan fingerprint density at radius 3 is 2.81 bits per heavy atom. The van der Waals surface area contributed by atoms with Crippen LogP contribution in [-0.2, 0) is 6.54 Å². The highest BCUT2D eigenvalue weighted by atomic mass is 16.5. The number of hydrogen-bond acceptors (Lipinski definition) is 4. The number of carboxylic acid groups (broad SMARTS) is 1. The molecule has 2 aromatic rings. The molecule has 0 aliphatic carbocycles.